The minimum Gasteiger partial charge on any atom is -0.411 e. The Hall–Kier alpha value is -2.74. The molecule has 3 aromatic rings. The lowest BCUT2D eigenvalue weighted by molar-refractivity contribution is -0.119. The van der Waals surface area contributed by atoms with Gasteiger partial charge in [0.2, 0.25) is 11.8 Å². The Labute approximate surface area is 147 Å². The molecule has 25 heavy (non-hydrogen) atoms. The third-order valence-corrected chi connectivity index (χ3v) is 4.23. The largest absolute Gasteiger partial charge is 0.411 e. The van der Waals surface area contributed by atoms with Crippen LogP contribution in [0.15, 0.2) is 58.4 Å². The van der Waals surface area contributed by atoms with E-state index in [1.165, 1.54) is 12.1 Å². The van der Waals surface area contributed by atoms with Gasteiger partial charge in [-0.05, 0) is 36.8 Å². The summed E-state index contributed by atoms with van der Waals surface area (Å²) in [5, 5.41) is 11.0. The first-order chi connectivity index (χ1) is 12.1. The number of hydrogen-bond acceptors (Lipinski definition) is 6. The van der Waals surface area contributed by atoms with Crippen molar-refractivity contribution < 1.29 is 13.6 Å². The summed E-state index contributed by atoms with van der Waals surface area (Å²) >= 11 is 1.16. The lowest BCUT2D eigenvalue weighted by Gasteiger charge is -2.13. The molecule has 6 nitrogen and oxygen atoms in total. The number of carbonyl (C=O) groups is 1. The van der Waals surface area contributed by atoms with E-state index in [1.807, 2.05) is 6.92 Å². The van der Waals surface area contributed by atoms with Crippen LogP contribution in [0.1, 0.15) is 18.5 Å². The van der Waals surface area contributed by atoms with Crippen LogP contribution in [0, 0.1) is 5.82 Å². The van der Waals surface area contributed by atoms with Crippen molar-refractivity contribution >= 4 is 17.7 Å². The molecule has 1 aromatic carbocycles. The van der Waals surface area contributed by atoms with E-state index in [1.54, 1.807) is 36.7 Å². The average Bonchev–Trinajstić information content (AvgIpc) is 3.10. The summed E-state index contributed by atoms with van der Waals surface area (Å²) in [6.45, 7) is 1.84. The Bertz CT molecular complexity index is 839. The fourth-order valence-electron chi connectivity index (χ4n) is 2.12. The zero-order valence-electron chi connectivity index (χ0n) is 13.3. The van der Waals surface area contributed by atoms with E-state index < -0.39 is 0 Å². The van der Waals surface area contributed by atoms with Gasteiger partial charge < -0.3 is 9.73 Å². The van der Waals surface area contributed by atoms with Gasteiger partial charge in [0.05, 0.1) is 11.8 Å². The molecule has 0 fully saturated rings. The third kappa shape index (κ3) is 4.63. The Morgan fingerprint density at radius 3 is 2.64 bits per heavy atom. The third-order valence-electron chi connectivity index (χ3n) is 3.41. The highest BCUT2D eigenvalue weighted by Crippen LogP contribution is 2.22. The van der Waals surface area contributed by atoms with E-state index in [-0.39, 0.29) is 23.5 Å². The van der Waals surface area contributed by atoms with E-state index in [0.717, 1.165) is 22.9 Å². The second-order valence-corrected chi connectivity index (χ2v) is 6.17. The number of nitrogens with zero attached hydrogens (tertiary/aromatic N) is 3. The van der Waals surface area contributed by atoms with Gasteiger partial charge in [0, 0.05) is 18.0 Å². The van der Waals surface area contributed by atoms with Gasteiger partial charge in [0.15, 0.2) is 0 Å². The van der Waals surface area contributed by atoms with Crippen LogP contribution in [0.2, 0.25) is 0 Å². The molecule has 2 aromatic heterocycles. The number of benzene rings is 1. The average molecular weight is 358 g/mol. The van der Waals surface area contributed by atoms with Gasteiger partial charge >= 0.3 is 0 Å². The summed E-state index contributed by atoms with van der Waals surface area (Å²) in [6, 6.07) is 9.33. The molecule has 3 rings (SSSR count). The van der Waals surface area contributed by atoms with Crippen molar-refractivity contribution in [1.82, 2.24) is 20.5 Å². The molecule has 2 heterocycles. The monoisotopic (exact) mass is 358 g/mol. The van der Waals surface area contributed by atoms with Gasteiger partial charge in [-0.15, -0.1) is 10.2 Å². The topological polar surface area (TPSA) is 80.9 Å². The number of halogens is 1. The molecular formula is C17H15FN4O2S. The van der Waals surface area contributed by atoms with Crippen LogP contribution in [0.25, 0.3) is 11.5 Å². The fourth-order valence-corrected chi connectivity index (χ4v) is 2.70. The van der Waals surface area contributed by atoms with Crippen LogP contribution in [0.4, 0.5) is 4.39 Å². The molecule has 1 atom stereocenters. The SMILES string of the molecule is CC(NC(=O)CSc1nnc(-c2ccncc2)o1)c1ccc(F)cc1. The lowest BCUT2D eigenvalue weighted by Crippen LogP contribution is -2.28. The van der Waals surface area contributed by atoms with Crippen LogP contribution < -0.4 is 5.32 Å². The van der Waals surface area contributed by atoms with Crippen molar-refractivity contribution in [3.63, 3.8) is 0 Å². The van der Waals surface area contributed by atoms with Crippen molar-refractivity contribution in [1.29, 1.82) is 0 Å². The predicted octanol–water partition coefficient (Wildman–Crippen LogP) is 3.24. The van der Waals surface area contributed by atoms with E-state index in [2.05, 4.69) is 20.5 Å². The van der Waals surface area contributed by atoms with Gasteiger partial charge in [-0.2, -0.15) is 0 Å². The number of aromatic nitrogens is 3. The van der Waals surface area contributed by atoms with E-state index in [0.29, 0.717) is 11.1 Å². The summed E-state index contributed by atoms with van der Waals surface area (Å²) in [6.07, 6.45) is 3.27. The van der Waals surface area contributed by atoms with Crippen molar-refractivity contribution in [2.45, 2.75) is 18.2 Å². The van der Waals surface area contributed by atoms with Gasteiger partial charge in [-0.1, -0.05) is 23.9 Å². The van der Waals surface area contributed by atoms with Crippen LogP contribution in [-0.2, 0) is 4.79 Å². The smallest absolute Gasteiger partial charge is 0.277 e. The Morgan fingerprint density at radius 1 is 1.20 bits per heavy atom. The number of rotatable bonds is 6. The van der Waals surface area contributed by atoms with Gasteiger partial charge in [0.25, 0.3) is 5.22 Å². The summed E-state index contributed by atoms with van der Waals surface area (Å²) in [7, 11) is 0. The van der Waals surface area contributed by atoms with Gasteiger partial charge in [0.1, 0.15) is 5.82 Å². The molecule has 0 aliphatic carbocycles. The van der Waals surface area contributed by atoms with E-state index >= 15 is 0 Å². The van der Waals surface area contributed by atoms with Crippen LogP contribution in [0.3, 0.4) is 0 Å². The van der Waals surface area contributed by atoms with E-state index in [9.17, 15) is 9.18 Å². The highest BCUT2D eigenvalue weighted by Gasteiger charge is 2.13. The van der Waals surface area contributed by atoms with Crippen molar-refractivity contribution in [3.8, 4) is 11.5 Å². The van der Waals surface area contributed by atoms with Crippen molar-refractivity contribution in [2.75, 3.05) is 5.75 Å². The number of nitrogens with one attached hydrogen (secondary N) is 1. The predicted molar refractivity (Wildman–Crippen MR) is 91.2 cm³/mol. The first kappa shape index (κ1) is 17.1. The van der Waals surface area contributed by atoms with Gasteiger partial charge in [-0.3, -0.25) is 9.78 Å². The normalized spacial score (nSPS) is 11.9. The van der Waals surface area contributed by atoms with Crippen LogP contribution in [-0.4, -0.2) is 26.8 Å². The summed E-state index contributed by atoms with van der Waals surface area (Å²) in [4.78, 5) is 16.0. The molecule has 0 saturated heterocycles. The first-order valence-electron chi connectivity index (χ1n) is 7.53. The molecular weight excluding hydrogens is 343 g/mol. The fraction of sp³-hybridized carbons (Fsp3) is 0.176. The van der Waals surface area contributed by atoms with Crippen molar-refractivity contribution in [2.24, 2.45) is 0 Å². The maximum Gasteiger partial charge on any atom is 0.277 e. The number of carbonyl (C=O) groups excluding carboxylic acids is 1. The molecule has 0 bridgehead atoms. The molecule has 128 valence electrons. The van der Waals surface area contributed by atoms with E-state index in [4.69, 9.17) is 4.42 Å². The minimum absolute atomic E-state index is 0.142. The lowest BCUT2D eigenvalue weighted by atomic mass is 10.1. The second kappa shape index (κ2) is 7.89. The molecule has 8 heteroatoms. The quantitative estimate of drug-likeness (QED) is 0.681. The van der Waals surface area contributed by atoms with Crippen LogP contribution >= 0.6 is 11.8 Å². The molecule has 0 aliphatic rings. The standard InChI is InChI=1S/C17H15FN4O2S/c1-11(12-2-4-14(18)5-3-12)20-15(23)10-25-17-22-21-16(24-17)13-6-8-19-9-7-13/h2-9,11H,10H2,1H3,(H,20,23). The van der Waals surface area contributed by atoms with Gasteiger partial charge in [-0.25, -0.2) is 4.39 Å². The molecule has 0 saturated carbocycles. The number of thioether (sulfide) groups is 1. The minimum atomic E-state index is -0.306. The number of hydrogen-bond donors (Lipinski definition) is 1. The number of pyridine rings is 1. The first-order valence-corrected chi connectivity index (χ1v) is 8.52. The highest BCUT2D eigenvalue weighted by molar-refractivity contribution is 7.99. The molecule has 0 radical (unpaired) electrons. The zero-order chi connectivity index (χ0) is 17.6. The molecule has 0 spiro atoms. The molecule has 1 unspecified atom stereocenters. The second-order valence-electron chi connectivity index (χ2n) is 5.24. The number of amides is 1. The Balaban J connectivity index is 1.52. The summed E-state index contributed by atoms with van der Waals surface area (Å²) in [5.41, 5.74) is 1.60. The summed E-state index contributed by atoms with van der Waals surface area (Å²) < 4.78 is 18.4. The summed E-state index contributed by atoms with van der Waals surface area (Å²) in [5.74, 6) is 0.0402. The van der Waals surface area contributed by atoms with Crippen molar-refractivity contribution in [3.05, 3.63) is 60.2 Å². The highest BCUT2D eigenvalue weighted by atomic mass is 32.2. The van der Waals surface area contributed by atoms with Crippen LogP contribution in [0.5, 0.6) is 0 Å². The zero-order valence-corrected chi connectivity index (χ0v) is 14.2. The molecule has 0 aliphatic heterocycles. The maximum atomic E-state index is 12.9. The molecule has 1 N–H and O–H groups in total. The Kier molecular flexibility index (Phi) is 5.39. The Morgan fingerprint density at radius 2 is 1.92 bits per heavy atom. The maximum absolute atomic E-state index is 12.9. The molecule has 1 amide bonds.